The van der Waals surface area contributed by atoms with Crippen molar-refractivity contribution >= 4 is 27.8 Å². The molecule has 0 N–H and O–H groups in total. The van der Waals surface area contributed by atoms with Crippen molar-refractivity contribution in [3.8, 4) is 0 Å². The zero-order valence-electron chi connectivity index (χ0n) is 7.94. The van der Waals surface area contributed by atoms with Crippen LogP contribution in [-0.4, -0.2) is 12.9 Å². The van der Waals surface area contributed by atoms with Crippen LogP contribution in [0, 0.1) is 6.92 Å². The Morgan fingerprint density at radius 1 is 1.43 bits per heavy atom. The lowest BCUT2D eigenvalue weighted by molar-refractivity contribution is 0.963. The lowest BCUT2D eigenvalue weighted by atomic mass is 10.2. The van der Waals surface area contributed by atoms with Crippen LogP contribution in [0.5, 0.6) is 0 Å². The van der Waals surface area contributed by atoms with E-state index >= 15 is 0 Å². The smallest absolute Gasteiger partial charge is 0.114 e. The molecule has 0 fully saturated rings. The number of aliphatic imine (C=N–C) groups is 1. The number of hydrogen-bond acceptors (Lipinski definition) is 2. The molecule has 0 atom stereocenters. The molecule has 0 saturated heterocycles. The summed E-state index contributed by atoms with van der Waals surface area (Å²) in [6, 6.07) is 6.19. The second-order valence-electron chi connectivity index (χ2n) is 3.17. The Labute approximate surface area is 92.1 Å². The van der Waals surface area contributed by atoms with Crippen molar-refractivity contribution in [1.82, 2.24) is 0 Å². The summed E-state index contributed by atoms with van der Waals surface area (Å²) < 4.78 is 1.14. The molecular formula is C11H11BrN2. The predicted octanol–water partition coefficient (Wildman–Crippen LogP) is 3.12. The maximum atomic E-state index is 4.20. The first-order chi connectivity index (χ1) is 6.79. The zero-order chi connectivity index (χ0) is 9.97. The van der Waals surface area contributed by atoms with Gasteiger partial charge < -0.3 is 4.90 Å². The Balaban J connectivity index is 2.36. The molecule has 0 unspecified atom stereocenters. The van der Waals surface area contributed by atoms with Crippen molar-refractivity contribution in [2.24, 2.45) is 4.99 Å². The summed E-state index contributed by atoms with van der Waals surface area (Å²) in [5, 5.41) is 0. The standard InChI is InChI=1S/C11H11BrN2/c1-9-10(12)4-2-5-11(9)14-7-3-6-13-8-14/h2-7H,8H2,1H3. The van der Waals surface area contributed by atoms with Gasteiger partial charge in [0.25, 0.3) is 0 Å². The molecule has 14 heavy (non-hydrogen) atoms. The highest BCUT2D eigenvalue weighted by molar-refractivity contribution is 9.10. The predicted molar refractivity (Wildman–Crippen MR) is 63.9 cm³/mol. The van der Waals surface area contributed by atoms with Gasteiger partial charge in [-0.25, -0.2) is 0 Å². The second kappa shape index (κ2) is 3.96. The summed E-state index contributed by atoms with van der Waals surface area (Å²) in [4.78, 5) is 6.33. The number of halogens is 1. The molecular weight excluding hydrogens is 240 g/mol. The fourth-order valence-electron chi connectivity index (χ4n) is 1.45. The van der Waals surface area contributed by atoms with E-state index in [9.17, 15) is 0 Å². The summed E-state index contributed by atoms with van der Waals surface area (Å²) in [5.41, 5.74) is 2.45. The van der Waals surface area contributed by atoms with E-state index in [1.165, 1.54) is 11.3 Å². The molecule has 2 rings (SSSR count). The molecule has 0 radical (unpaired) electrons. The monoisotopic (exact) mass is 250 g/mol. The van der Waals surface area contributed by atoms with Gasteiger partial charge in [-0.3, -0.25) is 4.99 Å². The van der Waals surface area contributed by atoms with E-state index < -0.39 is 0 Å². The minimum absolute atomic E-state index is 0.702. The highest BCUT2D eigenvalue weighted by atomic mass is 79.9. The van der Waals surface area contributed by atoms with Crippen molar-refractivity contribution in [3.05, 3.63) is 40.5 Å². The average molecular weight is 251 g/mol. The Bertz CT molecular complexity index is 396. The van der Waals surface area contributed by atoms with Gasteiger partial charge in [-0.05, 0) is 30.7 Å². The molecule has 1 aromatic carbocycles. The van der Waals surface area contributed by atoms with E-state index in [0.717, 1.165) is 4.47 Å². The molecule has 0 bridgehead atoms. The van der Waals surface area contributed by atoms with Gasteiger partial charge in [-0.1, -0.05) is 22.0 Å². The number of allylic oxidation sites excluding steroid dienone is 1. The molecule has 1 aliphatic rings. The van der Waals surface area contributed by atoms with E-state index in [-0.39, 0.29) is 0 Å². The number of anilines is 1. The van der Waals surface area contributed by atoms with Crippen molar-refractivity contribution < 1.29 is 0 Å². The summed E-state index contributed by atoms with van der Waals surface area (Å²) in [5.74, 6) is 0. The summed E-state index contributed by atoms with van der Waals surface area (Å²) in [6.07, 6.45) is 5.81. The molecule has 0 saturated carbocycles. The topological polar surface area (TPSA) is 15.6 Å². The van der Waals surface area contributed by atoms with Crippen LogP contribution in [0.15, 0.2) is 39.9 Å². The van der Waals surface area contributed by atoms with Crippen LogP contribution in [0.3, 0.4) is 0 Å². The van der Waals surface area contributed by atoms with Gasteiger partial charge in [0, 0.05) is 22.6 Å². The van der Waals surface area contributed by atoms with Gasteiger partial charge in [-0.15, -0.1) is 0 Å². The van der Waals surface area contributed by atoms with Crippen LogP contribution >= 0.6 is 15.9 Å². The third kappa shape index (κ3) is 1.73. The molecule has 0 spiro atoms. The Morgan fingerprint density at radius 2 is 2.29 bits per heavy atom. The Kier molecular flexibility index (Phi) is 2.68. The number of nitrogens with zero attached hydrogens (tertiary/aromatic N) is 2. The van der Waals surface area contributed by atoms with Crippen LogP contribution in [0.4, 0.5) is 5.69 Å². The highest BCUT2D eigenvalue weighted by Gasteiger charge is 2.08. The lowest BCUT2D eigenvalue weighted by Gasteiger charge is -2.22. The molecule has 0 aliphatic carbocycles. The number of benzene rings is 1. The zero-order valence-corrected chi connectivity index (χ0v) is 9.53. The third-order valence-electron chi connectivity index (χ3n) is 2.24. The molecule has 1 heterocycles. The molecule has 0 aromatic heterocycles. The van der Waals surface area contributed by atoms with Gasteiger partial charge in [0.15, 0.2) is 0 Å². The fourth-order valence-corrected chi connectivity index (χ4v) is 1.80. The first kappa shape index (κ1) is 9.46. The van der Waals surface area contributed by atoms with E-state index in [1.54, 1.807) is 0 Å². The first-order valence-corrected chi connectivity index (χ1v) is 5.27. The van der Waals surface area contributed by atoms with Gasteiger partial charge in [0.05, 0.1) is 0 Å². The second-order valence-corrected chi connectivity index (χ2v) is 4.02. The van der Waals surface area contributed by atoms with Gasteiger partial charge in [0.2, 0.25) is 0 Å². The summed E-state index contributed by atoms with van der Waals surface area (Å²) in [7, 11) is 0. The van der Waals surface area contributed by atoms with Crippen LogP contribution in [-0.2, 0) is 0 Å². The molecule has 3 heteroatoms. The minimum Gasteiger partial charge on any atom is -0.328 e. The van der Waals surface area contributed by atoms with Crippen molar-refractivity contribution in [2.45, 2.75) is 6.92 Å². The van der Waals surface area contributed by atoms with E-state index in [1.807, 2.05) is 24.6 Å². The summed E-state index contributed by atoms with van der Waals surface area (Å²) in [6.45, 7) is 2.80. The normalized spacial score (nSPS) is 14.9. The number of hydrogen-bond donors (Lipinski definition) is 0. The van der Waals surface area contributed by atoms with Crippen LogP contribution in [0.25, 0.3) is 0 Å². The maximum absolute atomic E-state index is 4.20. The SMILES string of the molecule is Cc1c(Br)cccc1N1C=CC=NC1. The molecule has 2 nitrogen and oxygen atoms in total. The van der Waals surface area contributed by atoms with Crippen molar-refractivity contribution in [3.63, 3.8) is 0 Å². The first-order valence-electron chi connectivity index (χ1n) is 4.47. The van der Waals surface area contributed by atoms with E-state index in [0.29, 0.717) is 6.67 Å². The molecule has 1 aliphatic heterocycles. The summed E-state index contributed by atoms with van der Waals surface area (Å²) >= 11 is 3.52. The van der Waals surface area contributed by atoms with Gasteiger partial charge in [-0.2, -0.15) is 0 Å². The lowest BCUT2D eigenvalue weighted by Crippen LogP contribution is -2.19. The number of rotatable bonds is 1. The van der Waals surface area contributed by atoms with Crippen LogP contribution < -0.4 is 4.90 Å². The van der Waals surface area contributed by atoms with E-state index in [2.05, 4.69) is 44.9 Å². The molecule has 72 valence electrons. The van der Waals surface area contributed by atoms with Gasteiger partial charge in [0.1, 0.15) is 6.67 Å². The van der Waals surface area contributed by atoms with E-state index in [4.69, 9.17) is 0 Å². The molecule has 1 aromatic rings. The average Bonchev–Trinajstić information content (AvgIpc) is 2.23. The minimum atomic E-state index is 0.702. The fraction of sp³-hybridized carbons (Fsp3) is 0.182. The Morgan fingerprint density at radius 3 is 3.00 bits per heavy atom. The Hall–Kier alpha value is -1.09. The highest BCUT2D eigenvalue weighted by Crippen LogP contribution is 2.27. The van der Waals surface area contributed by atoms with Crippen LogP contribution in [0.1, 0.15) is 5.56 Å². The third-order valence-corrected chi connectivity index (χ3v) is 3.10. The van der Waals surface area contributed by atoms with Crippen molar-refractivity contribution in [1.29, 1.82) is 0 Å². The maximum Gasteiger partial charge on any atom is 0.114 e. The quantitative estimate of drug-likeness (QED) is 0.748. The van der Waals surface area contributed by atoms with Crippen molar-refractivity contribution in [2.75, 3.05) is 11.6 Å². The molecule has 0 amide bonds. The van der Waals surface area contributed by atoms with Crippen LogP contribution in [0.2, 0.25) is 0 Å². The van der Waals surface area contributed by atoms with Gasteiger partial charge >= 0.3 is 0 Å². The largest absolute Gasteiger partial charge is 0.328 e.